The van der Waals surface area contributed by atoms with Crippen molar-refractivity contribution in [3.8, 4) is 0 Å². The molecular weight excluding hydrogens is 274 g/mol. The standard InChI is InChI=1S/C15H17NO3S/c1-15(2,8-7-13(17)18)16-14(19)12-9-10-5-3-4-6-11(10)20-12/h3-6,9H,7-8H2,1-2H3,(H,16,19)(H,17,18). The predicted octanol–water partition coefficient (Wildman–Crippen LogP) is 3.27. The third-order valence-corrected chi connectivity index (χ3v) is 4.18. The normalized spacial score (nSPS) is 11.5. The zero-order valence-corrected chi connectivity index (χ0v) is 12.3. The smallest absolute Gasteiger partial charge is 0.303 e. The fourth-order valence-corrected chi connectivity index (χ4v) is 2.90. The quantitative estimate of drug-likeness (QED) is 0.888. The molecule has 0 saturated heterocycles. The van der Waals surface area contributed by atoms with E-state index in [4.69, 9.17) is 5.11 Å². The van der Waals surface area contributed by atoms with E-state index in [0.717, 1.165) is 10.1 Å². The molecule has 4 nitrogen and oxygen atoms in total. The summed E-state index contributed by atoms with van der Waals surface area (Å²) in [6, 6.07) is 9.69. The van der Waals surface area contributed by atoms with E-state index >= 15 is 0 Å². The highest BCUT2D eigenvalue weighted by Gasteiger charge is 2.23. The largest absolute Gasteiger partial charge is 0.481 e. The van der Waals surface area contributed by atoms with Crippen LogP contribution in [0.1, 0.15) is 36.4 Å². The minimum atomic E-state index is -0.853. The number of hydrogen-bond acceptors (Lipinski definition) is 3. The first-order chi connectivity index (χ1) is 9.37. The molecule has 0 radical (unpaired) electrons. The Labute approximate surface area is 121 Å². The third kappa shape index (κ3) is 3.57. The van der Waals surface area contributed by atoms with Crippen LogP contribution in [0.5, 0.6) is 0 Å². The first-order valence-corrected chi connectivity index (χ1v) is 7.22. The van der Waals surface area contributed by atoms with Crippen LogP contribution in [0.25, 0.3) is 10.1 Å². The van der Waals surface area contributed by atoms with Crippen LogP contribution < -0.4 is 5.32 Å². The molecular formula is C15H17NO3S. The summed E-state index contributed by atoms with van der Waals surface area (Å²) in [6.07, 6.45) is 0.443. The molecule has 0 spiro atoms. The van der Waals surface area contributed by atoms with Gasteiger partial charge in [0.1, 0.15) is 0 Å². The van der Waals surface area contributed by atoms with Gasteiger partial charge in [-0.25, -0.2) is 0 Å². The van der Waals surface area contributed by atoms with Crippen LogP contribution >= 0.6 is 11.3 Å². The lowest BCUT2D eigenvalue weighted by Gasteiger charge is -2.25. The van der Waals surface area contributed by atoms with E-state index in [1.807, 2.05) is 44.2 Å². The summed E-state index contributed by atoms with van der Waals surface area (Å²) in [6.45, 7) is 3.67. The molecule has 5 heteroatoms. The molecule has 0 aliphatic heterocycles. The second-order valence-electron chi connectivity index (χ2n) is 5.38. The summed E-state index contributed by atoms with van der Waals surface area (Å²) < 4.78 is 1.07. The van der Waals surface area contributed by atoms with Gasteiger partial charge in [0.15, 0.2) is 0 Å². The first kappa shape index (κ1) is 14.5. The SMILES string of the molecule is CC(C)(CCC(=O)O)NC(=O)c1cc2ccccc2s1. The van der Waals surface area contributed by atoms with E-state index < -0.39 is 11.5 Å². The fourth-order valence-electron chi connectivity index (χ4n) is 1.94. The van der Waals surface area contributed by atoms with E-state index in [-0.39, 0.29) is 12.3 Å². The van der Waals surface area contributed by atoms with Crippen molar-refractivity contribution >= 4 is 33.3 Å². The molecule has 2 aromatic rings. The molecule has 1 aromatic carbocycles. The van der Waals surface area contributed by atoms with Gasteiger partial charge in [-0.05, 0) is 37.8 Å². The molecule has 0 atom stereocenters. The van der Waals surface area contributed by atoms with Gasteiger partial charge in [0.25, 0.3) is 5.91 Å². The maximum absolute atomic E-state index is 12.2. The number of rotatable bonds is 5. The number of thiophene rings is 1. The number of amides is 1. The van der Waals surface area contributed by atoms with Gasteiger partial charge >= 0.3 is 5.97 Å². The van der Waals surface area contributed by atoms with Crippen molar-refractivity contribution < 1.29 is 14.7 Å². The highest BCUT2D eigenvalue weighted by atomic mass is 32.1. The Balaban J connectivity index is 2.09. The molecule has 0 bridgehead atoms. The number of carbonyl (C=O) groups is 2. The van der Waals surface area contributed by atoms with E-state index in [1.54, 1.807) is 0 Å². The summed E-state index contributed by atoms with van der Waals surface area (Å²) in [5, 5.41) is 12.7. The van der Waals surface area contributed by atoms with Crippen LogP contribution in [0, 0.1) is 0 Å². The second-order valence-corrected chi connectivity index (χ2v) is 6.46. The van der Waals surface area contributed by atoms with Crippen LogP contribution in [0.2, 0.25) is 0 Å². The number of benzene rings is 1. The maximum atomic E-state index is 12.2. The molecule has 1 amide bonds. The molecule has 0 aliphatic carbocycles. The number of carbonyl (C=O) groups excluding carboxylic acids is 1. The Kier molecular flexibility index (Phi) is 4.09. The Morgan fingerprint density at radius 1 is 1.30 bits per heavy atom. The minimum absolute atomic E-state index is 0.0414. The Bertz CT molecular complexity index is 612. The molecule has 2 rings (SSSR count). The number of carboxylic acid groups (broad SMARTS) is 1. The topological polar surface area (TPSA) is 66.4 Å². The zero-order chi connectivity index (χ0) is 14.8. The molecule has 0 aliphatic rings. The Hall–Kier alpha value is -1.88. The van der Waals surface area contributed by atoms with Crippen molar-refractivity contribution in [1.82, 2.24) is 5.32 Å². The molecule has 0 fully saturated rings. The lowest BCUT2D eigenvalue weighted by molar-refractivity contribution is -0.137. The molecule has 106 valence electrons. The molecule has 0 saturated carbocycles. The fraction of sp³-hybridized carbons (Fsp3) is 0.333. The van der Waals surface area contributed by atoms with Gasteiger partial charge in [-0.3, -0.25) is 9.59 Å². The van der Waals surface area contributed by atoms with E-state index in [1.165, 1.54) is 11.3 Å². The van der Waals surface area contributed by atoms with Crippen molar-refractivity contribution in [2.75, 3.05) is 0 Å². The number of fused-ring (bicyclic) bond motifs is 1. The summed E-state index contributed by atoms with van der Waals surface area (Å²) in [5.41, 5.74) is -0.536. The van der Waals surface area contributed by atoms with Crippen LogP contribution in [-0.4, -0.2) is 22.5 Å². The molecule has 1 aromatic heterocycles. The van der Waals surface area contributed by atoms with Gasteiger partial charge in [-0.15, -0.1) is 11.3 Å². The van der Waals surface area contributed by atoms with E-state index in [9.17, 15) is 9.59 Å². The predicted molar refractivity (Wildman–Crippen MR) is 80.2 cm³/mol. The van der Waals surface area contributed by atoms with Gasteiger partial charge in [0, 0.05) is 16.7 Å². The van der Waals surface area contributed by atoms with Gasteiger partial charge in [-0.1, -0.05) is 18.2 Å². The summed E-state index contributed by atoms with van der Waals surface area (Å²) in [5.74, 6) is -1.00. The highest BCUT2D eigenvalue weighted by molar-refractivity contribution is 7.20. The van der Waals surface area contributed by atoms with Crippen molar-refractivity contribution in [1.29, 1.82) is 0 Å². The first-order valence-electron chi connectivity index (χ1n) is 6.40. The molecule has 20 heavy (non-hydrogen) atoms. The van der Waals surface area contributed by atoms with Crippen molar-refractivity contribution in [2.45, 2.75) is 32.2 Å². The molecule has 1 heterocycles. The average Bonchev–Trinajstić information content (AvgIpc) is 2.80. The number of carboxylic acids is 1. The van der Waals surface area contributed by atoms with Gasteiger partial charge < -0.3 is 10.4 Å². The molecule has 0 unspecified atom stereocenters. The lowest BCUT2D eigenvalue weighted by Crippen LogP contribution is -2.43. The van der Waals surface area contributed by atoms with Crippen LogP contribution in [-0.2, 0) is 4.79 Å². The van der Waals surface area contributed by atoms with Crippen molar-refractivity contribution in [3.63, 3.8) is 0 Å². The number of hydrogen-bond donors (Lipinski definition) is 2. The Morgan fingerprint density at radius 2 is 2.00 bits per heavy atom. The maximum Gasteiger partial charge on any atom is 0.303 e. The van der Waals surface area contributed by atoms with Gasteiger partial charge in [0.2, 0.25) is 0 Å². The summed E-state index contributed by atoms with van der Waals surface area (Å²) in [4.78, 5) is 23.5. The van der Waals surface area contributed by atoms with Crippen molar-refractivity contribution in [2.24, 2.45) is 0 Å². The highest BCUT2D eigenvalue weighted by Crippen LogP contribution is 2.25. The van der Waals surface area contributed by atoms with Crippen LogP contribution in [0.15, 0.2) is 30.3 Å². The van der Waals surface area contributed by atoms with Crippen LogP contribution in [0.3, 0.4) is 0 Å². The summed E-state index contributed by atoms with van der Waals surface area (Å²) in [7, 11) is 0. The summed E-state index contributed by atoms with van der Waals surface area (Å²) >= 11 is 1.44. The van der Waals surface area contributed by atoms with Gasteiger partial charge in [0.05, 0.1) is 4.88 Å². The number of aliphatic carboxylic acids is 1. The average molecular weight is 291 g/mol. The van der Waals surface area contributed by atoms with Crippen LogP contribution in [0.4, 0.5) is 0 Å². The lowest BCUT2D eigenvalue weighted by atomic mass is 9.98. The van der Waals surface area contributed by atoms with E-state index in [0.29, 0.717) is 11.3 Å². The second kappa shape index (κ2) is 5.63. The zero-order valence-electron chi connectivity index (χ0n) is 11.5. The van der Waals surface area contributed by atoms with Crippen molar-refractivity contribution in [3.05, 3.63) is 35.2 Å². The number of nitrogens with one attached hydrogen (secondary N) is 1. The third-order valence-electron chi connectivity index (χ3n) is 3.07. The molecule has 2 N–H and O–H groups in total. The monoisotopic (exact) mass is 291 g/mol. The van der Waals surface area contributed by atoms with E-state index in [2.05, 4.69) is 5.32 Å². The minimum Gasteiger partial charge on any atom is -0.481 e. The Morgan fingerprint density at radius 3 is 2.65 bits per heavy atom. The van der Waals surface area contributed by atoms with Gasteiger partial charge in [-0.2, -0.15) is 0 Å².